The minimum absolute atomic E-state index is 0.118. The third-order valence-electron chi connectivity index (χ3n) is 5.56. The molecule has 1 aliphatic heterocycles. The first kappa shape index (κ1) is 20.3. The Kier molecular flexibility index (Phi) is 5.44. The number of nitriles is 1. The topological polar surface area (TPSA) is 86.9 Å². The molecule has 0 aliphatic carbocycles. The van der Waals surface area contributed by atoms with Crippen LogP contribution >= 0.6 is 0 Å². The van der Waals surface area contributed by atoms with Crippen molar-refractivity contribution in [3.8, 4) is 6.07 Å². The van der Waals surface area contributed by atoms with E-state index in [1.165, 1.54) is 0 Å². The van der Waals surface area contributed by atoms with Crippen molar-refractivity contribution >= 4 is 26.7 Å². The van der Waals surface area contributed by atoms with E-state index in [-0.39, 0.29) is 10.6 Å². The lowest BCUT2D eigenvalue weighted by Gasteiger charge is -2.33. The Hall–Kier alpha value is -2.98. The summed E-state index contributed by atoms with van der Waals surface area (Å²) in [4.78, 5) is 11.6. The van der Waals surface area contributed by atoms with Crippen LogP contribution in [0.1, 0.15) is 36.3 Å². The van der Waals surface area contributed by atoms with Gasteiger partial charge >= 0.3 is 0 Å². The van der Waals surface area contributed by atoms with Crippen molar-refractivity contribution in [3.63, 3.8) is 0 Å². The number of nitrogens with zero attached hydrogens (tertiary/aromatic N) is 4. The minimum Gasteiger partial charge on any atom is -0.355 e. The number of benzene rings is 2. The normalized spacial score (nSPS) is 18.2. The summed E-state index contributed by atoms with van der Waals surface area (Å²) in [5.41, 5.74) is 2.45. The van der Waals surface area contributed by atoms with Gasteiger partial charge in [-0.25, -0.2) is 18.4 Å². The lowest BCUT2D eigenvalue weighted by molar-refractivity contribution is 0.443. The summed E-state index contributed by atoms with van der Waals surface area (Å²) in [5, 5.41) is 8.54. The number of hydrogen-bond acceptors (Lipinski definition) is 6. The highest BCUT2D eigenvalue weighted by Gasteiger charge is 2.35. The molecule has 0 unspecified atom stereocenters. The largest absolute Gasteiger partial charge is 0.355 e. The van der Waals surface area contributed by atoms with Crippen LogP contribution < -0.4 is 4.90 Å². The molecule has 2 atom stereocenters. The minimum atomic E-state index is -3.95. The van der Waals surface area contributed by atoms with Crippen LogP contribution in [0.15, 0.2) is 53.4 Å². The maximum Gasteiger partial charge on any atom is 0.200 e. The molecular formula is C23H24N4O2S. The highest BCUT2D eigenvalue weighted by molar-refractivity contribution is 7.92. The molecule has 2 heterocycles. The number of para-hydroxylation sites is 2. The number of aromatic nitrogens is 2. The van der Waals surface area contributed by atoms with Crippen LogP contribution in [-0.2, 0) is 9.84 Å². The Morgan fingerprint density at radius 1 is 1.10 bits per heavy atom. The van der Waals surface area contributed by atoms with Gasteiger partial charge in [-0.3, -0.25) is 0 Å². The fourth-order valence-electron chi connectivity index (χ4n) is 3.94. The summed E-state index contributed by atoms with van der Waals surface area (Å²) in [6, 6.07) is 15.9. The second-order valence-electron chi connectivity index (χ2n) is 7.98. The summed E-state index contributed by atoms with van der Waals surface area (Å²) in [7, 11) is -3.95. The first-order valence-electron chi connectivity index (χ1n) is 10.1. The summed E-state index contributed by atoms with van der Waals surface area (Å²) in [5.74, 6) is 0.969. The summed E-state index contributed by atoms with van der Waals surface area (Å²) in [6.45, 7) is 5.60. The van der Waals surface area contributed by atoms with Gasteiger partial charge in [0.05, 0.1) is 22.0 Å². The zero-order valence-corrected chi connectivity index (χ0v) is 17.9. The van der Waals surface area contributed by atoms with Crippen LogP contribution in [-0.4, -0.2) is 31.5 Å². The molecule has 2 aromatic carbocycles. The molecule has 1 saturated heterocycles. The molecule has 0 spiro atoms. The number of hydrogen-bond donors (Lipinski definition) is 0. The van der Waals surface area contributed by atoms with Crippen molar-refractivity contribution in [1.82, 2.24) is 9.97 Å². The number of fused-ring (bicyclic) bond motifs is 1. The van der Waals surface area contributed by atoms with Crippen molar-refractivity contribution in [2.45, 2.75) is 36.8 Å². The first-order valence-corrected chi connectivity index (χ1v) is 11.7. The van der Waals surface area contributed by atoms with Crippen LogP contribution in [0, 0.1) is 24.2 Å². The Morgan fingerprint density at radius 3 is 2.40 bits per heavy atom. The van der Waals surface area contributed by atoms with E-state index < -0.39 is 15.1 Å². The van der Waals surface area contributed by atoms with Gasteiger partial charge in [-0.05, 0) is 49.9 Å². The first-order chi connectivity index (χ1) is 14.4. The van der Waals surface area contributed by atoms with Gasteiger partial charge in [0.1, 0.15) is 5.69 Å². The maximum absolute atomic E-state index is 13.4. The van der Waals surface area contributed by atoms with Crippen LogP contribution in [0.2, 0.25) is 0 Å². The molecule has 6 nitrogen and oxygen atoms in total. The zero-order valence-electron chi connectivity index (χ0n) is 17.1. The molecule has 30 heavy (non-hydrogen) atoms. The smallest absolute Gasteiger partial charge is 0.200 e. The average molecular weight is 421 g/mol. The predicted octanol–water partition coefficient (Wildman–Crippen LogP) is 4.21. The number of sulfone groups is 1. The average Bonchev–Trinajstić information content (AvgIpc) is 2.74. The van der Waals surface area contributed by atoms with E-state index in [0.29, 0.717) is 22.8 Å². The van der Waals surface area contributed by atoms with Crippen molar-refractivity contribution in [1.29, 1.82) is 5.26 Å². The van der Waals surface area contributed by atoms with Crippen LogP contribution in [0.5, 0.6) is 0 Å². The number of piperidine rings is 1. The monoisotopic (exact) mass is 420 g/mol. The van der Waals surface area contributed by atoms with Gasteiger partial charge in [-0.2, -0.15) is 5.26 Å². The molecule has 4 rings (SSSR count). The van der Waals surface area contributed by atoms with Crippen LogP contribution in [0.25, 0.3) is 11.0 Å². The molecular weight excluding hydrogens is 396 g/mol. The van der Waals surface area contributed by atoms with Gasteiger partial charge in [0.15, 0.2) is 11.1 Å². The molecule has 0 N–H and O–H groups in total. The standard InChI is InChI=1S/C23H24N4O2S/c1-16-9-11-18(12-10-16)30(28,29)21(14-24)22-23(27-13-5-6-17(2)15-27)26-20-8-4-3-7-19(20)25-22/h3-4,7-12,17,21H,5-6,13,15H2,1-2H3/t17-,21-/m1/s1. The number of anilines is 1. The van der Waals surface area contributed by atoms with Gasteiger partial charge in [0, 0.05) is 13.1 Å². The molecule has 3 aromatic rings. The van der Waals surface area contributed by atoms with E-state index in [1.807, 2.05) is 31.2 Å². The highest BCUT2D eigenvalue weighted by Crippen LogP contribution is 2.35. The van der Waals surface area contributed by atoms with Gasteiger partial charge in [0.25, 0.3) is 0 Å². The fourth-order valence-corrected chi connectivity index (χ4v) is 5.31. The molecule has 1 aromatic heterocycles. The maximum atomic E-state index is 13.4. The van der Waals surface area contributed by atoms with E-state index in [9.17, 15) is 13.7 Å². The second-order valence-corrected chi connectivity index (χ2v) is 10.0. The second kappa shape index (κ2) is 8.04. The lowest BCUT2D eigenvalue weighted by atomic mass is 10.00. The molecule has 154 valence electrons. The van der Waals surface area contributed by atoms with Gasteiger partial charge in [-0.1, -0.05) is 36.8 Å². The third kappa shape index (κ3) is 3.75. The van der Waals surface area contributed by atoms with Crippen molar-refractivity contribution in [3.05, 3.63) is 59.8 Å². The molecule has 0 saturated carbocycles. The molecule has 0 amide bonds. The zero-order chi connectivity index (χ0) is 21.3. The van der Waals surface area contributed by atoms with Crippen LogP contribution in [0.4, 0.5) is 5.82 Å². The quantitative estimate of drug-likeness (QED) is 0.628. The highest BCUT2D eigenvalue weighted by atomic mass is 32.2. The fraction of sp³-hybridized carbons (Fsp3) is 0.348. The molecule has 0 radical (unpaired) electrons. The Morgan fingerprint density at radius 2 is 1.77 bits per heavy atom. The molecule has 1 fully saturated rings. The molecule has 0 bridgehead atoms. The summed E-state index contributed by atoms with van der Waals surface area (Å²) < 4.78 is 26.8. The van der Waals surface area contributed by atoms with Gasteiger partial charge in [-0.15, -0.1) is 0 Å². The van der Waals surface area contributed by atoms with Crippen molar-refractivity contribution < 1.29 is 8.42 Å². The SMILES string of the molecule is Cc1ccc(S(=O)(=O)[C@H](C#N)c2nc3ccccc3nc2N2CCC[C@@H](C)C2)cc1. The Bertz CT molecular complexity index is 1220. The molecule has 7 heteroatoms. The lowest BCUT2D eigenvalue weighted by Crippen LogP contribution is -2.36. The molecule has 1 aliphatic rings. The van der Waals surface area contributed by atoms with E-state index in [2.05, 4.69) is 16.8 Å². The Labute approximate surface area is 177 Å². The van der Waals surface area contributed by atoms with Gasteiger partial charge < -0.3 is 4.90 Å². The third-order valence-corrected chi connectivity index (χ3v) is 7.44. The predicted molar refractivity (Wildman–Crippen MR) is 117 cm³/mol. The summed E-state index contributed by atoms with van der Waals surface area (Å²) in [6.07, 6.45) is 2.12. The van der Waals surface area contributed by atoms with E-state index in [4.69, 9.17) is 4.98 Å². The summed E-state index contributed by atoms with van der Waals surface area (Å²) >= 11 is 0. The Balaban J connectivity index is 1.89. The van der Waals surface area contributed by atoms with Crippen molar-refractivity contribution in [2.75, 3.05) is 18.0 Å². The van der Waals surface area contributed by atoms with Crippen LogP contribution in [0.3, 0.4) is 0 Å². The number of rotatable bonds is 4. The van der Waals surface area contributed by atoms with E-state index in [1.54, 1.807) is 30.3 Å². The van der Waals surface area contributed by atoms with E-state index in [0.717, 1.165) is 31.5 Å². The number of aryl methyl sites for hydroxylation is 1. The van der Waals surface area contributed by atoms with E-state index >= 15 is 0 Å². The van der Waals surface area contributed by atoms with Crippen molar-refractivity contribution in [2.24, 2.45) is 5.92 Å². The van der Waals surface area contributed by atoms with Gasteiger partial charge in [0.2, 0.25) is 9.84 Å².